The van der Waals surface area contributed by atoms with Crippen molar-refractivity contribution in [3.63, 3.8) is 0 Å². The number of ether oxygens (including phenoxy) is 1. The molecule has 2 atom stereocenters. The number of anilines is 1. The SMILES string of the molecule is CCOc1ccc(N(CC(=O)N(Cc2ccc(Br)cc2)[C@@H](C)C(=O)N[C@@H](C)CC)S(C)(=O)=O)cc1. The fourth-order valence-corrected chi connectivity index (χ4v) is 4.44. The first kappa shape index (κ1) is 28.6. The quantitative estimate of drug-likeness (QED) is 0.419. The molecule has 0 spiro atoms. The van der Waals surface area contributed by atoms with E-state index in [0.717, 1.165) is 27.0 Å². The fraction of sp³-hybridized carbons (Fsp3) is 0.440. The second kappa shape index (κ2) is 12.9. The summed E-state index contributed by atoms with van der Waals surface area (Å²) in [7, 11) is -3.78. The molecule has 1 N–H and O–H groups in total. The molecule has 0 saturated carbocycles. The van der Waals surface area contributed by atoms with Gasteiger partial charge in [0, 0.05) is 17.1 Å². The van der Waals surface area contributed by atoms with Crippen molar-refractivity contribution in [2.24, 2.45) is 0 Å². The molecule has 0 aromatic heterocycles. The van der Waals surface area contributed by atoms with E-state index < -0.39 is 28.5 Å². The van der Waals surface area contributed by atoms with Gasteiger partial charge in [-0.3, -0.25) is 13.9 Å². The summed E-state index contributed by atoms with van der Waals surface area (Å²) in [6.45, 7) is 7.55. The highest BCUT2D eigenvalue weighted by Gasteiger charge is 2.30. The van der Waals surface area contributed by atoms with E-state index in [-0.39, 0.29) is 18.5 Å². The number of amides is 2. The van der Waals surface area contributed by atoms with E-state index in [1.807, 2.05) is 45.0 Å². The van der Waals surface area contributed by atoms with Crippen molar-refractivity contribution in [3.8, 4) is 5.75 Å². The van der Waals surface area contributed by atoms with Gasteiger partial charge >= 0.3 is 0 Å². The summed E-state index contributed by atoms with van der Waals surface area (Å²) in [5, 5.41) is 2.91. The minimum atomic E-state index is -3.78. The molecular formula is C25H34BrN3O5S. The van der Waals surface area contributed by atoms with Crippen molar-refractivity contribution in [1.29, 1.82) is 0 Å². The van der Waals surface area contributed by atoms with Gasteiger partial charge in [0.05, 0.1) is 18.6 Å². The standard InChI is InChI=1S/C25H34BrN3O5S/c1-6-18(3)27-25(31)19(4)28(16-20-8-10-21(26)11-9-20)24(30)17-29(35(5,32)33)22-12-14-23(15-13-22)34-7-2/h8-15,18-19H,6-7,16-17H2,1-5H3,(H,27,31)/t18-,19-/m0/s1. The molecule has 0 aliphatic rings. The number of nitrogens with zero attached hydrogens (tertiary/aromatic N) is 2. The van der Waals surface area contributed by atoms with Crippen molar-refractivity contribution in [2.45, 2.75) is 52.7 Å². The third-order valence-electron chi connectivity index (χ3n) is 5.55. The average molecular weight is 569 g/mol. The maximum absolute atomic E-state index is 13.5. The highest BCUT2D eigenvalue weighted by atomic mass is 79.9. The van der Waals surface area contributed by atoms with Crippen molar-refractivity contribution in [3.05, 3.63) is 58.6 Å². The van der Waals surface area contributed by atoms with Crippen LogP contribution in [0.5, 0.6) is 5.75 Å². The number of nitrogens with one attached hydrogen (secondary N) is 1. The summed E-state index contributed by atoms with van der Waals surface area (Å²) in [4.78, 5) is 27.8. The Morgan fingerprint density at radius 3 is 2.14 bits per heavy atom. The monoisotopic (exact) mass is 567 g/mol. The van der Waals surface area contributed by atoms with Crippen LogP contribution in [0.1, 0.15) is 39.7 Å². The number of hydrogen-bond donors (Lipinski definition) is 1. The number of carbonyl (C=O) groups excluding carboxylic acids is 2. The van der Waals surface area contributed by atoms with Gasteiger partial charge in [-0.1, -0.05) is 35.0 Å². The van der Waals surface area contributed by atoms with Crippen LogP contribution >= 0.6 is 15.9 Å². The lowest BCUT2D eigenvalue weighted by Gasteiger charge is -2.32. The van der Waals surface area contributed by atoms with Crippen molar-refractivity contribution >= 4 is 43.5 Å². The van der Waals surface area contributed by atoms with Gasteiger partial charge in [0.1, 0.15) is 18.3 Å². The van der Waals surface area contributed by atoms with Gasteiger partial charge in [0.25, 0.3) is 0 Å². The van der Waals surface area contributed by atoms with Crippen LogP contribution in [0.3, 0.4) is 0 Å². The van der Waals surface area contributed by atoms with Gasteiger partial charge in [0.2, 0.25) is 21.8 Å². The van der Waals surface area contributed by atoms with Gasteiger partial charge in [0.15, 0.2) is 0 Å². The Morgan fingerprint density at radius 2 is 1.63 bits per heavy atom. The van der Waals surface area contributed by atoms with Gasteiger partial charge in [-0.05, 0) is 69.2 Å². The molecule has 2 aromatic carbocycles. The molecule has 2 rings (SSSR count). The maximum atomic E-state index is 13.5. The van der Waals surface area contributed by atoms with Crippen LogP contribution in [0, 0.1) is 0 Å². The number of hydrogen-bond acceptors (Lipinski definition) is 5. The van der Waals surface area contributed by atoms with Crippen LogP contribution in [0.2, 0.25) is 0 Å². The topological polar surface area (TPSA) is 96.0 Å². The first-order chi connectivity index (χ1) is 16.5. The molecule has 0 fully saturated rings. The minimum absolute atomic E-state index is 0.0500. The van der Waals surface area contributed by atoms with E-state index in [1.165, 1.54) is 4.90 Å². The van der Waals surface area contributed by atoms with Crippen LogP contribution < -0.4 is 14.4 Å². The lowest BCUT2D eigenvalue weighted by molar-refractivity contribution is -0.139. The van der Waals surface area contributed by atoms with Gasteiger partial charge in [-0.25, -0.2) is 8.42 Å². The van der Waals surface area contributed by atoms with Crippen molar-refractivity contribution in [2.75, 3.05) is 23.7 Å². The fourth-order valence-electron chi connectivity index (χ4n) is 3.32. The van der Waals surface area contributed by atoms with Gasteiger partial charge in [-0.15, -0.1) is 0 Å². The Hall–Kier alpha value is -2.59. The van der Waals surface area contributed by atoms with Crippen LogP contribution in [-0.2, 0) is 26.2 Å². The van der Waals surface area contributed by atoms with E-state index in [9.17, 15) is 18.0 Å². The summed E-state index contributed by atoms with van der Waals surface area (Å²) >= 11 is 3.40. The normalized spacial score (nSPS) is 13.0. The summed E-state index contributed by atoms with van der Waals surface area (Å²) < 4.78 is 32.6. The molecule has 0 bridgehead atoms. The molecule has 0 heterocycles. The Bertz CT molecular complexity index is 1090. The molecular weight excluding hydrogens is 534 g/mol. The number of sulfonamides is 1. The Morgan fingerprint density at radius 1 is 1.03 bits per heavy atom. The molecule has 35 heavy (non-hydrogen) atoms. The third kappa shape index (κ3) is 8.54. The van der Waals surface area contributed by atoms with E-state index in [0.29, 0.717) is 18.0 Å². The zero-order valence-corrected chi connectivity index (χ0v) is 23.2. The average Bonchev–Trinajstić information content (AvgIpc) is 2.81. The van der Waals surface area contributed by atoms with E-state index in [2.05, 4.69) is 21.2 Å². The van der Waals surface area contributed by atoms with E-state index in [1.54, 1.807) is 31.2 Å². The number of rotatable bonds is 12. The molecule has 0 aliphatic carbocycles. The number of halogens is 1. The second-order valence-corrected chi connectivity index (χ2v) is 11.2. The highest BCUT2D eigenvalue weighted by Crippen LogP contribution is 2.23. The largest absolute Gasteiger partial charge is 0.494 e. The molecule has 192 valence electrons. The van der Waals surface area contributed by atoms with E-state index >= 15 is 0 Å². The Labute approximate surface area is 216 Å². The minimum Gasteiger partial charge on any atom is -0.494 e. The first-order valence-corrected chi connectivity index (χ1v) is 14.1. The molecule has 2 amide bonds. The molecule has 2 aromatic rings. The summed E-state index contributed by atoms with van der Waals surface area (Å²) in [5.74, 6) is -0.181. The number of carbonyl (C=O) groups is 2. The molecule has 8 nitrogen and oxygen atoms in total. The van der Waals surface area contributed by atoms with Crippen LogP contribution in [0.25, 0.3) is 0 Å². The predicted octanol–water partition coefficient (Wildman–Crippen LogP) is 3.95. The predicted molar refractivity (Wildman–Crippen MR) is 142 cm³/mol. The zero-order chi connectivity index (χ0) is 26.2. The summed E-state index contributed by atoms with van der Waals surface area (Å²) in [5.41, 5.74) is 1.15. The molecule has 0 aliphatic heterocycles. The van der Waals surface area contributed by atoms with Crippen LogP contribution in [-0.4, -0.2) is 56.6 Å². The highest BCUT2D eigenvalue weighted by molar-refractivity contribution is 9.10. The lowest BCUT2D eigenvalue weighted by Crippen LogP contribution is -2.52. The summed E-state index contributed by atoms with van der Waals surface area (Å²) in [6.07, 6.45) is 1.80. The zero-order valence-electron chi connectivity index (χ0n) is 20.8. The maximum Gasteiger partial charge on any atom is 0.244 e. The smallest absolute Gasteiger partial charge is 0.244 e. The van der Waals surface area contributed by atoms with Crippen molar-refractivity contribution < 1.29 is 22.7 Å². The third-order valence-corrected chi connectivity index (χ3v) is 7.22. The molecule has 10 heteroatoms. The van der Waals surface area contributed by atoms with Gasteiger partial charge < -0.3 is 15.0 Å². The van der Waals surface area contributed by atoms with Gasteiger partial charge in [-0.2, -0.15) is 0 Å². The molecule has 0 unspecified atom stereocenters. The Balaban J connectivity index is 2.35. The summed E-state index contributed by atoms with van der Waals surface area (Å²) in [6, 6.07) is 13.1. The molecule has 0 radical (unpaired) electrons. The molecule has 0 saturated heterocycles. The second-order valence-electron chi connectivity index (χ2n) is 8.34. The van der Waals surface area contributed by atoms with Crippen LogP contribution in [0.4, 0.5) is 5.69 Å². The lowest BCUT2D eigenvalue weighted by atomic mass is 10.1. The van der Waals surface area contributed by atoms with Crippen LogP contribution in [0.15, 0.2) is 53.0 Å². The first-order valence-electron chi connectivity index (χ1n) is 11.5. The number of benzene rings is 2. The Kier molecular flexibility index (Phi) is 10.6. The van der Waals surface area contributed by atoms with E-state index in [4.69, 9.17) is 4.74 Å². The van der Waals surface area contributed by atoms with Crippen molar-refractivity contribution in [1.82, 2.24) is 10.2 Å².